The van der Waals surface area contributed by atoms with Crippen molar-refractivity contribution in [2.45, 2.75) is 65.1 Å². The van der Waals surface area contributed by atoms with Crippen molar-refractivity contribution in [3.63, 3.8) is 0 Å². The minimum atomic E-state index is -0.804. The summed E-state index contributed by atoms with van der Waals surface area (Å²) in [5.74, 6) is -0.997. The van der Waals surface area contributed by atoms with E-state index < -0.39 is 18.1 Å². The molecule has 148 valence electrons. The molecule has 27 heavy (non-hydrogen) atoms. The third kappa shape index (κ3) is 6.70. The van der Waals surface area contributed by atoms with Gasteiger partial charge >= 0.3 is 5.97 Å². The van der Waals surface area contributed by atoms with Crippen molar-refractivity contribution in [1.29, 1.82) is 0 Å². The normalized spacial score (nSPS) is 15.9. The summed E-state index contributed by atoms with van der Waals surface area (Å²) in [4.78, 5) is 37.4. The molecule has 0 spiro atoms. The van der Waals surface area contributed by atoms with Crippen LogP contribution in [-0.2, 0) is 25.5 Å². The number of carbonyl (C=O) groups excluding carboxylic acids is 3. The number of ether oxygens (including phenoxy) is 1. The van der Waals surface area contributed by atoms with E-state index in [0.717, 1.165) is 18.4 Å². The van der Waals surface area contributed by atoms with Crippen molar-refractivity contribution in [3.05, 3.63) is 35.9 Å². The number of carbonyl (C=O) groups is 3. The highest BCUT2D eigenvalue weighted by molar-refractivity contribution is 5.92. The minimum absolute atomic E-state index is 0.0186. The Kier molecular flexibility index (Phi) is 7.39. The van der Waals surface area contributed by atoms with Gasteiger partial charge in [-0.3, -0.25) is 9.59 Å². The van der Waals surface area contributed by atoms with Gasteiger partial charge in [-0.1, -0.05) is 44.2 Å². The smallest absolute Gasteiger partial charge is 0.329 e. The number of nitrogens with one attached hydrogen (secondary N) is 2. The fraction of sp³-hybridized carbons (Fsp3) is 0.571. The Hall–Kier alpha value is -2.37. The lowest BCUT2D eigenvalue weighted by molar-refractivity contribution is -0.151. The second-order valence-corrected chi connectivity index (χ2v) is 7.74. The van der Waals surface area contributed by atoms with Gasteiger partial charge in [-0.2, -0.15) is 0 Å². The molecule has 1 fully saturated rings. The summed E-state index contributed by atoms with van der Waals surface area (Å²) in [5, 5.41) is 5.61. The van der Waals surface area contributed by atoms with E-state index in [4.69, 9.17) is 4.74 Å². The fourth-order valence-electron chi connectivity index (χ4n) is 2.77. The van der Waals surface area contributed by atoms with E-state index in [1.54, 1.807) is 13.8 Å². The number of amides is 2. The average Bonchev–Trinajstić information content (AvgIpc) is 3.44. The predicted molar refractivity (Wildman–Crippen MR) is 103 cm³/mol. The summed E-state index contributed by atoms with van der Waals surface area (Å²) in [5.41, 5.74) is 0.923. The first-order chi connectivity index (χ1) is 12.8. The highest BCUT2D eigenvalue weighted by atomic mass is 16.5. The molecule has 0 radical (unpaired) electrons. The molecular weight excluding hydrogens is 344 g/mol. The molecule has 1 aliphatic carbocycles. The Balaban J connectivity index is 2.09. The first-order valence-corrected chi connectivity index (χ1v) is 9.63. The van der Waals surface area contributed by atoms with Crippen LogP contribution in [0.25, 0.3) is 0 Å². The molecule has 1 aliphatic rings. The van der Waals surface area contributed by atoms with Crippen LogP contribution in [0.4, 0.5) is 0 Å². The summed E-state index contributed by atoms with van der Waals surface area (Å²) in [6.07, 6.45) is 1.80. The maximum atomic E-state index is 12.8. The van der Waals surface area contributed by atoms with Crippen molar-refractivity contribution in [1.82, 2.24) is 10.6 Å². The van der Waals surface area contributed by atoms with Crippen LogP contribution in [0, 0.1) is 11.8 Å². The molecule has 0 bridgehead atoms. The largest absolute Gasteiger partial charge is 0.461 e. The summed E-state index contributed by atoms with van der Waals surface area (Å²) >= 11 is 0. The van der Waals surface area contributed by atoms with E-state index in [9.17, 15) is 14.4 Å². The van der Waals surface area contributed by atoms with E-state index in [-0.39, 0.29) is 29.8 Å². The Morgan fingerprint density at radius 1 is 1.04 bits per heavy atom. The molecule has 0 aliphatic heterocycles. The summed E-state index contributed by atoms with van der Waals surface area (Å²) in [6, 6.07) is 7.98. The van der Waals surface area contributed by atoms with Crippen LogP contribution < -0.4 is 10.6 Å². The van der Waals surface area contributed by atoms with Crippen LogP contribution in [0.3, 0.4) is 0 Å². The lowest BCUT2D eigenvalue weighted by Crippen LogP contribution is -2.54. The molecule has 6 nitrogen and oxygen atoms in total. The van der Waals surface area contributed by atoms with Gasteiger partial charge in [0.2, 0.25) is 11.8 Å². The number of hydrogen-bond acceptors (Lipinski definition) is 4. The van der Waals surface area contributed by atoms with Crippen molar-refractivity contribution in [2.24, 2.45) is 11.8 Å². The highest BCUT2D eigenvalue weighted by Crippen LogP contribution is 2.29. The molecule has 1 aromatic carbocycles. The Bertz CT molecular complexity index is 653. The van der Waals surface area contributed by atoms with Crippen LogP contribution >= 0.6 is 0 Å². The molecule has 0 aromatic heterocycles. The van der Waals surface area contributed by atoms with Gasteiger partial charge in [0, 0.05) is 12.3 Å². The van der Waals surface area contributed by atoms with E-state index >= 15 is 0 Å². The Morgan fingerprint density at radius 3 is 2.19 bits per heavy atom. The molecule has 2 rings (SSSR count). The molecule has 6 heteroatoms. The lowest BCUT2D eigenvalue weighted by Gasteiger charge is -2.25. The zero-order valence-corrected chi connectivity index (χ0v) is 16.5. The predicted octanol–water partition coefficient (Wildman–Crippen LogP) is 2.22. The molecule has 0 heterocycles. The molecule has 0 unspecified atom stereocenters. The Labute approximate surface area is 161 Å². The molecule has 0 saturated heterocycles. The van der Waals surface area contributed by atoms with Crippen LogP contribution in [0.15, 0.2) is 30.3 Å². The molecule has 1 aromatic rings. The van der Waals surface area contributed by atoms with E-state index in [1.165, 1.54) is 0 Å². The molecule has 2 amide bonds. The van der Waals surface area contributed by atoms with Crippen molar-refractivity contribution >= 4 is 17.8 Å². The van der Waals surface area contributed by atoms with E-state index in [1.807, 2.05) is 44.2 Å². The standard InChI is InChI=1S/C21H30N2O4/c1-13(2)18(23-19(24)16-10-11-16)20(25)22-17(21(26)27-14(3)4)12-15-8-6-5-7-9-15/h5-9,13-14,16-18H,10-12H2,1-4H3,(H,22,25)(H,23,24)/t17-,18+/m0/s1. The zero-order valence-electron chi connectivity index (χ0n) is 16.5. The SMILES string of the molecule is CC(C)OC(=O)[C@H](Cc1ccccc1)NC(=O)[C@H](NC(=O)C1CC1)C(C)C. The maximum Gasteiger partial charge on any atom is 0.329 e. The lowest BCUT2D eigenvalue weighted by atomic mass is 10.0. The monoisotopic (exact) mass is 374 g/mol. The van der Waals surface area contributed by atoms with Gasteiger partial charge in [-0.25, -0.2) is 4.79 Å². The summed E-state index contributed by atoms with van der Waals surface area (Å²) in [7, 11) is 0. The van der Waals surface area contributed by atoms with Gasteiger partial charge in [-0.05, 0) is 38.2 Å². The molecule has 2 N–H and O–H groups in total. The van der Waals surface area contributed by atoms with Gasteiger partial charge in [0.05, 0.1) is 6.10 Å². The van der Waals surface area contributed by atoms with Crippen LogP contribution in [0.2, 0.25) is 0 Å². The van der Waals surface area contributed by atoms with Crippen molar-refractivity contribution in [3.8, 4) is 0 Å². The first kappa shape index (κ1) is 20.9. The van der Waals surface area contributed by atoms with Gasteiger partial charge in [-0.15, -0.1) is 0 Å². The van der Waals surface area contributed by atoms with Crippen LogP contribution in [0.1, 0.15) is 46.1 Å². The van der Waals surface area contributed by atoms with Crippen molar-refractivity contribution in [2.75, 3.05) is 0 Å². The number of hydrogen-bond donors (Lipinski definition) is 2. The molecule has 2 atom stereocenters. The quantitative estimate of drug-likeness (QED) is 0.649. The fourth-order valence-corrected chi connectivity index (χ4v) is 2.77. The zero-order chi connectivity index (χ0) is 20.0. The number of benzene rings is 1. The second kappa shape index (κ2) is 9.53. The molecule has 1 saturated carbocycles. The van der Waals surface area contributed by atoms with Crippen LogP contribution in [-0.4, -0.2) is 36.0 Å². The maximum absolute atomic E-state index is 12.8. The highest BCUT2D eigenvalue weighted by Gasteiger charge is 2.35. The molecular formula is C21H30N2O4. The first-order valence-electron chi connectivity index (χ1n) is 9.63. The van der Waals surface area contributed by atoms with Crippen molar-refractivity contribution < 1.29 is 19.1 Å². The summed E-state index contributed by atoms with van der Waals surface area (Å²) in [6.45, 7) is 7.28. The third-order valence-electron chi connectivity index (χ3n) is 4.43. The number of rotatable bonds is 9. The second-order valence-electron chi connectivity index (χ2n) is 7.74. The van der Waals surface area contributed by atoms with Gasteiger partial charge in [0.1, 0.15) is 12.1 Å². The topological polar surface area (TPSA) is 84.5 Å². The van der Waals surface area contributed by atoms with Gasteiger partial charge in [0.25, 0.3) is 0 Å². The summed E-state index contributed by atoms with van der Waals surface area (Å²) < 4.78 is 5.31. The van der Waals surface area contributed by atoms with E-state index in [2.05, 4.69) is 10.6 Å². The van der Waals surface area contributed by atoms with Gasteiger partial charge < -0.3 is 15.4 Å². The minimum Gasteiger partial charge on any atom is -0.461 e. The average molecular weight is 374 g/mol. The van der Waals surface area contributed by atoms with Crippen LogP contribution in [0.5, 0.6) is 0 Å². The number of esters is 1. The third-order valence-corrected chi connectivity index (χ3v) is 4.43. The Morgan fingerprint density at radius 2 is 1.67 bits per heavy atom. The van der Waals surface area contributed by atoms with E-state index in [0.29, 0.717) is 6.42 Å². The van der Waals surface area contributed by atoms with Gasteiger partial charge in [0.15, 0.2) is 0 Å².